The van der Waals surface area contributed by atoms with Gasteiger partial charge in [0.25, 0.3) is 0 Å². The van der Waals surface area contributed by atoms with Gasteiger partial charge in [0, 0.05) is 11.9 Å². The van der Waals surface area contributed by atoms with Gasteiger partial charge >= 0.3 is 6.03 Å². The normalized spacial score (nSPS) is 11.9. The topological polar surface area (TPSA) is 87.6 Å². The standard InChI is InChI=1S/C17H19N3O3S/c1-12-6-4-5-7-16(12)18-17(21)20-19-13(2)14-8-10-15(11-9-14)24(3,22)23/h4-11H,1-3H3,(H2,18,20,21)/b19-13+. The van der Waals surface area contributed by atoms with Crippen molar-refractivity contribution in [1.82, 2.24) is 5.43 Å². The van der Waals surface area contributed by atoms with Gasteiger partial charge in [0.1, 0.15) is 0 Å². The summed E-state index contributed by atoms with van der Waals surface area (Å²) in [6.45, 7) is 3.62. The minimum Gasteiger partial charge on any atom is -0.306 e. The van der Waals surface area contributed by atoms with Crippen LogP contribution in [-0.2, 0) is 9.84 Å². The third-order valence-electron chi connectivity index (χ3n) is 3.42. The molecule has 0 saturated heterocycles. The Morgan fingerprint density at radius 2 is 1.67 bits per heavy atom. The summed E-state index contributed by atoms with van der Waals surface area (Å²) < 4.78 is 22.9. The van der Waals surface area contributed by atoms with Crippen LogP contribution in [0.4, 0.5) is 10.5 Å². The van der Waals surface area contributed by atoms with E-state index in [1.807, 2.05) is 25.1 Å². The van der Waals surface area contributed by atoms with Crippen LogP contribution in [-0.4, -0.2) is 26.4 Å². The third kappa shape index (κ3) is 4.66. The highest BCUT2D eigenvalue weighted by Gasteiger charge is 2.07. The maximum atomic E-state index is 11.9. The Bertz CT molecular complexity index is 872. The van der Waals surface area contributed by atoms with Crippen LogP contribution in [0.25, 0.3) is 0 Å². The zero-order chi connectivity index (χ0) is 17.7. The van der Waals surface area contributed by atoms with Crippen molar-refractivity contribution in [3.05, 3.63) is 59.7 Å². The monoisotopic (exact) mass is 345 g/mol. The fraction of sp³-hybridized carbons (Fsp3) is 0.176. The average Bonchev–Trinajstić information content (AvgIpc) is 2.54. The Morgan fingerprint density at radius 1 is 1.04 bits per heavy atom. The summed E-state index contributed by atoms with van der Waals surface area (Å²) in [4.78, 5) is 12.1. The Morgan fingerprint density at radius 3 is 2.25 bits per heavy atom. The van der Waals surface area contributed by atoms with Crippen LogP contribution in [0.15, 0.2) is 58.5 Å². The molecule has 0 aliphatic rings. The number of hydrogen-bond acceptors (Lipinski definition) is 4. The highest BCUT2D eigenvalue weighted by atomic mass is 32.2. The lowest BCUT2D eigenvalue weighted by atomic mass is 10.1. The molecule has 0 aliphatic carbocycles. The smallest absolute Gasteiger partial charge is 0.306 e. The molecule has 0 unspecified atom stereocenters. The molecule has 0 radical (unpaired) electrons. The van der Waals surface area contributed by atoms with Crippen molar-refractivity contribution in [2.24, 2.45) is 5.10 Å². The van der Waals surface area contributed by atoms with E-state index in [-0.39, 0.29) is 4.90 Å². The van der Waals surface area contributed by atoms with E-state index in [1.54, 1.807) is 25.1 Å². The number of amides is 2. The van der Waals surface area contributed by atoms with Crippen molar-refractivity contribution >= 4 is 27.3 Å². The molecule has 0 bridgehead atoms. The van der Waals surface area contributed by atoms with E-state index < -0.39 is 15.9 Å². The summed E-state index contributed by atoms with van der Waals surface area (Å²) in [6.07, 6.45) is 1.15. The lowest BCUT2D eigenvalue weighted by molar-refractivity contribution is 0.252. The molecular formula is C17H19N3O3S. The molecule has 2 aromatic carbocycles. The molecule has 24 heavy (non-hydrogen) atoms. The van der Waals surface area contributed by atoms with Crippen molar-refractivity contribution in [2.75, 3.05) is 11.6 Å². The van der Waals surface area contributed by atoms with Crippen molar-refractivity contribution in [3.63, 3.8) is 0 Å². The fourth-order valence-electron chi connectivity index (χ4n) is 2.01. The van der Waals surface area contributed by atoms with Crippen LogP contribution in [0.5, 0.6) is 0 Å². The van der Waals surface area contributed by atoms with Gasteiger partial charge < -0.3 is 5.32 Å². The highest BCUT2D eigenvalue weighted by Crippen LogP contribution is 2.13. The van der Waals surface area contributed by atoms with E-state index in [9.17, 15) is 13.2 Å². The minimum absolute atomic E-state index is 0.240. The molecule has 0 saturated carbocycles. The molecule has 0 atom stereocenters. The first-order valence-electron chi connectivity index (χ1n) is 7.25. The number of nitrogens with one attached hydrogen (secondary N) is 2. The van der Waals surface area contributed by atoms with Gasteiger partial charge in [0.2, 0.25) is 0 Å². The maximum Gasteiger partial charge on any atom is 0.339 e. The number of carbonyl (C=O) groups is 1. The van der Waals surface area contributed by atoms with Crippen LogP contribution < -0.4 is 10.7 Å². The number of nitrogens with zero attached hydrogens (tertiary/aromatic N) is 1. The largest absolute Gasteiger partial charge is 0.339 e. The first kappa shape index (κ1) is 17.7. The first-order chi connectivity index (χ1) is 11.3. The van der Waals surface area contributed by atoms with Crippen LogP contribution in [0.2, 0.25) is 0 Å². The molecule has 2 rings (SSSR count). The average molecular weight is 345 g/mol. The van der Waals surface area contributed by atoms with Crippen LogP contribution >= 0.6 is 0 Å². The lowest BCUT2D eigenvalue weighted by Crippen LogP contribution is -2.25. The molecule has 7 heteroatoms. The molecule has 0 heterocycles. The zero-order valence-corrected chi connectivity index (χ0v) is 14.5. The molecule has 2 amide bonds. The molecule has 2 N–H and O–H groups in total. The Hall–Kier alpha value is -2.67. The van der Waals surface area contributed by atoms with Gasteiger partial charge in [-0.3, -0.25) is 0 Å². The number of urea groups is 1. The van der Waals surface area contributed by atoms with E-state index in [0.717, 1.165) is 17.4 Å². The predicted molar refractivity (Wildman–Crippen MR) is 95.1 cm³/mol. The molecule has 0 aromatic heterocycles. The van der Waals surface area contributed by atoms with Gasteiger partial charge in [-0.2, -0.15) is 5.10 Å². The number of para-hydroxylation sites is 1. The Balaban J connectivity index is 2.03. The summed E-state index contributed by atoms with van der Waals surface area (Å²) in [5, 5.41) is 6.73. The van der Waals surface area contributed by atoms with Crippen molar-refractivity contribution in [1.29, 1.82) is 0 Å². The molecule has 2 aromatic rings. The summed E-state index contributed by atoms with van der Waals surface area (Å²) in [5.41, 5.74) is 5.36. The molecule has 0 spiro atoms. The molecular weight excluding hydrogens is 326 g/mol. The Labute approximate surface area is 141 Å². The lowest BCUT2D eigenvalue weighted by Gasteiger charge is -2.08. The Kier molecular flexibility index (Phi) is 5.35. The molecule has 0 fully saturated rings. The summed E-state index contributed by atoms with van der Waals surface area (Å²) >= 11 is 0. The van der Waals surface area contributed by atoms with Gasteiger partial charge in [-0.05, 0) is 43.2 Å². The van der Waals surface area contributed by atoms with Gasteiger partial charge in [-0.1, -0.05) is 30.3 Å². The van der Waals surface area contributed by atoms with Crippen LogP contribution in [0.1, 0.15) is 18.1 Å². The van der Waals surface area contributed by atoms with E-state index >= 15 is 0 Å². The fourth-order valence-corrected chi connectivity index (χ4v) is 2.64. The minimum atomic E-state index is -3.23. The zero-order valence-electron chi connectivity index (χ0n) is 13.7. The van der Waals surface area contributed by atoms with Crippen molar-refractivity contribution in [3.8, 4) is 0 Å². The highest BCUT2D eigenvalue weighted by molar-refractivity contribution is 7.90. The number of benzene rings is 2. The summed E-state index contributed by atoms with van der Waals surface area (Å²) in [6, 6.07) is 13.3. The van der Waals surface area contributed by atoms with E-state index in [1.165, 1.54) is 12.1 Å². The third-order valence-corrected chi connectivity index (χ3v) is 4.55. The van der Waals surface area contributed by atoms with Gasteiger partial charge in [0.05, 0.1) is 10.6 Å². The first-order valence-corrected chi connectivity index (χ1v) is 9.14. The van der Waals surface area contributed by atoms with Crippen molar-refractivity contribution < 1.29 is 13.2 Å². The number of sulfone groups is 1. The van der Waals surface area contributed by atoms with Crippen molar-refractivity contribution in [2.45, 2.75) is 18.7 Å². The summed E-state index contributed by atoms with van der Waals surface area (Å²) in [7, 11) is -3.23. The second-order valence-electron chi connectivity index (χ2n) is 5.37. The predicted octanol–water partition coefficient (Wildman–Crippen LogP) is 2.94. The van der Waals surface area contributed by atoms with Gasteiger partial charge in [-0.25, -0.2) is 18.6 Å². The second-order valence-corrected chi connectivity index (χ2v) is 7.39. The second kappa shape index (κ2) is 7.27. The number of hydrogen-bond donors (Lipinski definition) is 2. The van der Waals surface area contributed by atoms with Gasteiger partial charge in [0.15, 0.2) is 9.84 Å². The quantitative estimate of drug-likeness (QED) is 0.660. The number of hydrazone groups is 1. The van der Waals surface area contributed by atoms with Crippen LogP contribution in [0, 0.1) is 6.92 Å². The van der Waals surface area contributed by atoms with E-state index in [2.05, 4.69) is 15.8 Å². The molecule has 0 aliphatic heterocycles. The van der Waals surface area contributed by atoms with Crippen LogP contribution in [0.3, 0.4) is 0 Å². The SMILES string of the molecule is C/C(=N\NC(=O)Nc1ccccc1C)c1ccc(S(C)(=O)=O)cc1. The summed E-state index contributed by atoms with van der Waals surface area (Å²) in [5.74, 6) is 0. The molecule has 6 nitrogen and oxygen atoms in total. The number of aryl methyl sites for hydroxylation is 1. The number of anilines is 1. The van der Waals surface area contributed by atoms with E-state index in [4.69, 9.17) is 0 Å². The van der Waals surface area contributed by atoms with E-state index in [0.29, 0.717) is 11.4 Å². The number of carbonyl (C=O) groups excluding carboxylic acids is 1. The maximum absolute atomic E-state index is 11.9. The van der Waals surface area contributed by atoms with Gasteiger partial charge in [-0.15, -0.1) is 0 Å². The molecule has 126 valence electrons. The number of rotatable bonds is 4.